The van der Waals surface area contributed by atoms with Gasteiger partial charge in [0.25, 0.3) is 10.0 Å². The molecule has 1 N–H and O–H groups in total. The summed E-state index contributed by atoms with van der Waals surface area (Å²) < 4.78 is 90.8. The number of hydrogen-bond acceptors (Lipinski definition) is 7. The van der Waals surface area contributed by atoms with Crippen molar-refractivity contribution >= 4 is 26.7 Å². The number of fused-ring (bicyclic) bond motifs is 1. The van der Waals surface area contributed by atoms with E-state index in [9.17, 15) is 26.0 Å². The summed E-state index contributed by atoms with van der Waals surface area (Å²) in [6, 6.07) is 9.97. The van der Waals surface area contributed by atoms with Crippen LogP contribution in [0.3, 0.4) is 0 Å². The summed E-state index contributed by atoms with van der Waals surface area (Å²) in [5.41, 5.74) is 1.52. The number of ether oxygens (including phenoxy) is 1. The molecule has 0 aliphatic carbocycles. The molecule has 0 radical (unpaired) electrons. The number of halogens is 4. The van der Waals surface area contributed by atoms with Gasteiger partial charge in [0.2, 0.25) is 5.13 Å². The third-order valence-electron chi connectivity index (χ3n) is 6.81. The standard InChI is InChI=1S/C24H24F4N4O3S2/c25-17-3-1-16(2-4-17)21-11-15(13-24(26,27)28)7-9-32(21)20-8-10-35-22-12-18(5-6-19(20)22)37(33,34)31-23-29-14-30-36-23/h1-6,12,14-15,20-21H,7-11,13H2,(H,29,30,31)/t15-,20+,21-/m1/s1. The summed E-state index contributed by atoms with van der Waals surface area (Å²) in [6.07, 6.45) is -2.61. The highest BCUT2D eigenvalue weighted by Gasteiger charge is 2.41. The van der Waals surface area contributed by atoms with E-state index in [0.717, 1.165) is 22.7 Å². The van der Waals surface area contributed by atoms with E-state index in [1.54, 1.807) is 18.2 Å². The molecule has 0 bridgehead atoms. The Labute approximate surface area is 215 Å². The number of sulfonamides is 1. The molecule has 2 aromatic carbocycles. The Morgan fingerprint density at radius 2 is 1.89 bits per heavy atom. The van der Waals surface area contributed by atoms with Gasteiger partial charge in [-0.1, -0.05) is 18.2 Å². The summed E-state index contributed by atoms with van der Waals surface area (Å²) in [4.78, 5) is 5.99. The van der Waals surface area contributed by atoms with Gasteiger partial charge in [-0.3, -0.25) is 9.62 Å². The average Bonchev–Trinajstić information content (AvgIpc) is 3.35. The predicted octanol–water partition coefficient (Wildman–Crippen LogP) is 5.71. The van der Waals surface area contributed by atoms with Crippen LogP contribution in [-0.4, -0.2) is 42.0 Å². The van der Waals surface area contributed by atoms with Gasteiger partial charge in [-0.05, 0) is 49.1 Å². The number of rotatable bonds is 6. The Balaban J connectivity index is 1.44. The van der Waals surface area contributed by atoms with E-state index in [1.165, 1.54) is 30.6 Å². The number of piperidine rings is 1. The molecule has 2 aliphatic rings. The van der Waals surface area contributed by atoms with Gasteiger partial charge in [0.05, 0.1) is 11.5 Å². The second-order valence-electron chi connectivity index (χ2n) is 9.22. The quantitative estimate of drug-likeness (QED) is 0.392. The van der Waals surface area contributed by atoms with Crippen LogP contribution in [0.15, 0.2) is 53.7 Å². The minimum absolute atomic E-state index is 0.000991. The Bertz CT molecular complexity index is 1340. The van der Waals surface area contributed by atoms with Crippen LogP contribution in [0.25, 0.3) is 0 Å². The van der Waals surface area contributed by atoms with Gasteiger partial charge in [0.1, 0.15) is 17.9 Å². The summed E-state index contributed by atoms with van der Waals surface area (Å²) in [6.45, 7) is 0.745. The van der Waals surface area contributed by atoms with Crippen LogP contribution < -0.4 is 9.46 Å². The van der Waals surface area contributed by atoms with E-state index >= 15 is 0 Å². The molecule has 3 aromatic rings. The molecule has 0 unspecified atom stereocenters. The maximum Gasteiger partial charge on any atom is 0.389 e. The van der Waals surface area contributed by atoms with Crippen molar-refractivity contribution in [1.29, 1.82) is 0 Å². The third-order valence-corrected chi connectivity index (χ3v) is 8.86. The first-order valence-electron chi connectivity index (χ1n) is 11.7. The molecule has 37 heavy (non-hydrogen) atoms. The van der Waals surface area contributed by atoms with E-state index in [4.69, 9.17) is 4.74 Å². The summed E-state index contributed by atoms with van der Waals surface area (Å²) in [5, 5.41) is 0.139. The molecule has 5 rings (SSSR count). The normalized spacial score (nSPS) is 22.8. The lowest BCUT2D eigenvalue weighted by atomic mass is 9.82. The fourth-order valence-corrected chi connectivity index (χ4v) is 6.89. The zero-order valence-electron chi connectivity index (χ0n) is 19.5. The Hall–Kier alpha value is -2.77. The minimum Gasteiger partial charge on any atom is -0.493 e. The largest absolute Gasteiger partial charge is 0.493 e. The van der Waals surface area contributed by atoms with E-state index < -0.39 is 34.4 Å². The van der Waals surface area contributed by atoms with Crippen LogP contribution >= 0.6 is 11.5 Å². The number of aromatic nitrogens is 2. The monoisotopic (exact) mass is 556 g/mol. The first kappa shape index (κ1) is 25.9. The number of alkyl halides is 3. The molecule has 2 aliphatic heterocycles. The Morgan fingerprint density at radius 3 is 2.59 bits per heavy atom. The van der Waals surface area contributed by atoms with E-state index in [2.05, 4.69) is 19.0 Å². The molecule has 13 heteroatoms. The van der Waals surface area contributed by atoms with Crippen molar-refractivity contribution in [3.63, 3.8) is 0 Å². The molecule has 3 atom stereocenters. The fourth-order valence-electron chi connectivity index (χ4n) is 5.21. The SMILES string of the molecule is O=S(=O)(Nc1ncns1)c1ccc2c(c1)OCC[C@@H]2N1CC[C@@H](CC(F)(F)F)C[C@@H]1c1ccc(F)cc1. The average molecular weight is 557 g/mol. The van der Waals surface area contributed by atoms with Crippen LogP contribution in [0, 0.1) is 11.7 Å². The molecule has 7 nitrogen and oxygen atoms in total. The van der Waals surface area contributed by atoms with Crippen LogP contribution in [0.1, 0.15) is 48.9 Å². The van der Waals surface area contributed by atoms with Gasteiger partial charge >= 0.3 is 6.18 Å². The fraction of sp³-hybridized carbons (Fsp3) is 0.417. The van der Waals surface area contributed by atoms with E-state index in [1.807, 2.05) is 0 Å². The summed E-state index contributed by atoms with van der Waals surface area (Å²) >= 11 is 0.912. The Morgan fingerprint density at radius 1 is 1.11 bits per heavy atom. The molecule has 3 heterocycles. The number of anilines is 1. The lowest BCUT2D eigenvalue weighted by molar-refractivity contribution is -0.150. The minimum atomic E-state index is -4.25. The second kappa shape index (κ2) is 10.2. The highest BCUT2D eigenvalue weighted by Crippen LogP contribution is 2.47. The van der Waals surface area contributed by atoms with Crippen molar-refractivity contribution in [1.82, 2.24) is 14.3 Å². The third kappa shape index (κ3) is 5.88. The van der Waals surface area contributed by atoms with Crippen molar-refractivity contribution in [3.8, 4) is 5.75 Å². The molecule has 0 spiro atoms. The maximum absolute atomic E-state index is 13.6. The number of hydrogen-bond donors (Lipinski definition) is 1. The van der Waals surface area contributed by atoms with Crippen LogP contribution in [-0.2, 0) is 10.0 Å². The zero-order valence-corrected chi connectivity index (χ0v) is 21.1. The molecule has 198 valence electrons. The second-order valence-corrected chi connectivity index (χ2v) is 11.7. The molecule has 0 saturated carbocycles. The summed E-state index contributed by atoms with van der Waals surface area (Å²) in [7, 11) is -3.92. The van der Waals surface area contributed by atoms with Crippen molar-refractivity contribution in [2.75, 3.05) is 17.9 Å². The molecule has 0 amide bonds. The van der Waals surface area contributed by atoms with Gasteiger partial charge in [-0.25, -0.2) is 17.8 Å². The first-order valence-corrected chi connectivity index (χ1v) is 14.0. The predicted molar refractivity (Wildman–Crippen MR) is 129 cm³/mol. The van der Waals surface area contributed by atoms with E-state index in [0.29, 0.717) is 31.7 Å². The lowest BCUT2D eigenvalue weighted by Crippen LogP contribution is -2.42. The van der Waals surface area contributed by atoms with Gasteiger partial charge in [-0.2, -0.15) is 17.5 Å². The van der Waals surface area contributed by atoms with Crippen LogP contribution in [0.4, 0.5) is 22.7 Å². The zero-order chi connectivity index (χ0) is 26.2. The van der Waals surface area contributed by atoms with Crippen molar-refractivity contribution in [2.45, 2.75) is 48.8 Å². The number of nitrogens with zero attached hydrogens (tertiary/aromatic N) is 3. The van der Waals surface area contributed by atoms with Gasteiger partial charge in [-0.15, -0.1) is 0 Å². The van der Waals surface area contributed by atoms with Gasteiger partial charge in [0, 0.05) is 48.1 Å². The number of likely N-dealkylation sites (tertiary alicyclic amines) is 1. The first-order chi connectivity index (χ1) is 17.6. The van der Waals surface area contributed by atoms with Crippen LogP contribution in [0.2, 0.25) is 0 Å². The Kier molecular flexibility index (Phi) is 7.12. The highest BCUT2D eigenvalue weighted by molar-refractivity contribution is 7.93. The van der Waals surface area contributed by atoms with Crippen LogP contribution in [0.5, 0.6) is 5.75 Å². The molecular formula is C24H24F4N4O3S2. The maximum atomic E-state index is 13.6. The lowest BCUT2D eigenvalue weighted by Gasteiger charge is -2.46. The molecule has 1 saturated heterocycles. The van der Waals surface area contributed by atoms with Crippen molar-refractivity contribution in [3.05, 3.63) is 65.7 Å². The number of benzene rings is 2. The topological polar surface area (TPSA) is 84.4 Å². The van der Waals surface area contributed by atoms with E-state index in [-0.39, 0.29) is 28.5 Å². The van der Waals surface area contributed by atoms with Crippen molar-refractivity contribution < 1.29 is 30.7 Å². The molecule has 1 aromatic heterocycles. The number of nitrogens with one attached hydrogen (secondary N) is 1. The smallest absolute Gasteiger partial charge is 0.389 e. The summed E-state index contributed by atoms with van der Waals surface area (Å²) in [5.74, 6) is -0.540. The van der Waals surface area contributed by atoms with Gasteiger partial charge < -0.3 is 4.74 Å². The van der Waals surface area contributed by atoms with Gasteiger partial charge in [0.15, 0.2) is 0 Å². The molecular weight excluding hydrogens is 532 g/mol. The van der Waals surface area contributed by atoms with Crippen molar-refractivity contribution in [2.24, 2.45) is 5.92 Å². The molecule has 1 fully saturated rings. The highest BCUT2D eigenvalue weighted by atomic mass is 32.2.